The average Bonchev–Trinajstić information content (AvgIpc) is 2.84. The number of nitrogens with zero attached hydrogens (tertiary/aromatic N) is 1. The van der Waals surface area contributed by atoms with Gasteiger partial charge in [0.2, 0.25) is 0 Å². The molecule has 1 heterocycles. The third-order valence-electron chi connectivity index (χ3n) is 2.85. The van der Waals surface area contributed by atoms with Crippen LogP contribution in [-0.4, -0.2) is 20.0 Å². The fraction of sp³-hybridized carbons (Fsp3) is 0.214. The second-order valence-electron chi connectivity index (χ2n) is 4.68. The Morgan fingerprint density at radius 1 is 1.23 bits per heavy atom. The van der Waals surface area contributed by atoms with Crippen molar-refractivity contribution in [3.05, 3.63) is 44.6 Å². The number of alkyl halides is 3. The smallest absolute Gasteiger partial charge is 0.376 e. The van der Waals surface area contributed by atoms with Crippen LogP contribution in [-0.2, 0) is 6.18 Å². The van der Waals surface area contributed by atoms with Gasteiger partial charge in [0.25, 0.3) is 5.91 Å². The van der Waals surface area contributed by atoms with Crippen LogP contribution >= 0.6 is 27.3 Å². The Kier molecular flexibility index (Phi) is 4.81. The van der Waals surface area contributed by atoms with Crippen LogP contribution in [0.4, 0.5) is 24.5 Å². The summed E-state index contributed by atoms with van der Waals surface area (Å²) < 4.78 is 39.3. The first-order valence-corrected chi connectivity index (χ1v) is 7.74. The highest BCUT2D eigenvalue weighted by Crippen LogP contribution is 2.35. The first-order chi connectivity index (χ1) is 10.2. The van der Waals surface area contributed by atoms with Crippen molar-refractivity contribution in [2.24, 2.45) is 0 Å². The molecule has 0 aliphatic rings. The van der Waals surface area contributed by atoms with Crippen molar-refractivity contribution >= 4 is 44.5 Å². The van der Waals surface area contributed by atoms with Crippen molar-refractivity contribution in [1.29, 1.82) is 0 Å². The van der Waals surface area contributed by atoms with E-state index in [2.05, 4.69) is 21.2 Å². The SMILES string of the molecule is CN(C)c1ccc(C(F)(F)F)cc1NC(=O)c1ccc(Br)s1. The predicted octanol–water partition coefficient (Wildman–Crippen LogP) is 4.85. The van der Waals surface area contributed by atoms with Gasteiger partial charge < -0.3 is 10.2 Å². The number of carbonyl (C=O) groups is 1. The van der Waals surface area contributed by atoms with Crippen molar-refractivity contribution in [1.82, 2.24) is 0 Å². The van der Waals surface area contributed by atoms with E-state index in [1.54, 1.807) is 31.1 Å². The molecule has 1 N–H and O–H groups in total. The molecule has 8 heteroatoms. The third kappa shape index (κ3) is 3.80. The number of halogens is 4. The fourth-order valence-electron chi connectivity index (χ4n) is 1.82. The zero-order valence-corrected chi connectivity index (χ0v) is 14.1. The van der Waals surface area contributed by atoms with E-state index in [0.717, 1.165) is 15.9 Å². The first-order valence-electron chi connectivity index (χ1n) is 6.14. The quantitative estimate of drug-likeness (QED) is 0.809. The first kappa shape index (κ1) is 16.8. The van der Waals surface area contributed by atoms with Crippen LogP contribution in [0.1, 0.15) is 15.2 Å². The Hall–Kier alpha value is -1.54. The molecule has 0 aliphatic heterocycles. The second kappa shape index (κ2) is 6.29. The predicted molar refractivity (Wildman–Crippen MR) is 85.7 cm³/mol. The summed E-state index contributed by atoms with van der Waals surface area (Å²) in [5.41, 5.74) is -0.188. The molecular formula is C14H12BrF3N2OS. The van der Waals surface area contributed by atoms with Gasteiger partial charge in [0, 0.05) is 14.1 Å². The topological polar surface area (TPSA) is 32.3 Å². The summed E-state index contributed by atoms with van der Waals surface area (Å²) >= 11 is 4.45. The number of thiophene rings is 1. The molecule has 1 amide bonds. The van der Waals surface area contributed by atoms with Crippen LogP contribution in [0.25, 0.3) is 0 Å². The van der Waals surface area contributed by atoms with Crippen molar-refractivity contribution in [3.8, 4) is 0 Å². The number of nitrogens with one attached hydrogen (secondary N) is 1. The van der Waals surface area contributed by atoms with Gasteiger partial charge in [-0.3, -0.25) is 4.79 Å². The van der Waals surface area contributed by atoms with Gasteiger partial charge in [-0.2, -0.15) is 13.2 Å². The Balaban J connectivity index is 2.37. The molecule has 0 saturated carbocycles. The lowest BCUT2D eigenvalue weighted by atomic mass is 10.1. The van der Waals surface area contributed by atoms with Crippen LogP contribution in [0.15, 0.2) is 34.1 Å². The van der Waals surface area contributed by atoms with Crippen LogP contribution in [0, 0.1) is 0 Å². The van der Waals surface area contributed by atoms with Crippen LogP contribution in [0.3, 0.4) is 0 Å². The molecule has 0 bridgehead atoms. The fourth-order valence-corrected chi connectivity index (χ4v) is 3.10. The monoisotopic (exact) mass is 392 g/mol. The largest absolute Gasteiger partial charge is 0.416 e. The number of benzene rings is 1. The average molecular weight is 393 g/mol. The number of anilines is 2. The number of hydrogen-bond acceptors (Lipinski definition) is 3. The minimum Gasteiger partial charge on any atom is -0.376 e. The zero-order valence-electron chi connectivity index (χ0n) is 11.7. The lowest BCUT2D eigenvalue weighted by molar-refractivity contribution is -0.137. The molecule has 0 spiro atoms. The van der Waals surface area contributed by atoms with Crippen molar-refractivity contribution in [2.45, 2.75) is 6.18 Å². The number of amides is 1. The van der Waals surface area contributed by atoms with Gasteiger partial charge in [-0.15, -0.1) is 11.3 Å². The highest BCUT2D eigenvalue weighted by atomic mass is 79.9. The molecule has 1 aromatic heterocycles. The number of carbonyl (C=O) groups excluding carboxylic acids is 1. The maximum Gasteiger partial charge on any atom is 0.416 e. The maximum absolute atomic E-state index is 12.8. The van der Waals surface area contributed by atoms with Crippen LogP contribution in [0.5, 0.6) is 0 Å². The van der Waals surface area contributed by atoms with Crippen molar-refractivity contribution in [2.75, 3.05) is 24.3 Å². The van der Waals surface area contributed by atoms with Gasteiger partial charge in [0.15, 0.2) is 0 Å². The molecule has 3 nitrogen and oxygen atoms in total. The van der Waals surface area contributed by atoms with E-state index in [0.29, 0.717) is 10.6 Å². The number of rotatable bonds is 3. The standard InChI is InChI=1S/C14H12BrF3N2OS/c1-20(2)10-4-3-8(14(16,17)18)7-9(10)19-13(21)11-5-6-12(15)22-11/h3-7H,1-2H3,(H,19,21). The van der Waals surface area contributed by atoms with E-state index in [4.69, 9.17) is 0 Å². The summed E-state index contributed by atoms with van der Waals surface area (Å²) in [7, 11) is 3.39. The molecule has 0 saturated heterocycles. The zero-order chi connectivity index (χ0) is 16.5. The van der Waals surface area contributed by atoms with Crippen LogP contribution in [0.2, 0.25) is 0 Å². The van der Waals surface area contributed by atoms with Gasteiger partial charge in [-0.25, -0.2) is 0 Å². The molecule has 0 fully saturated rings. The van der Waals surface area contributed by atoms with Crippen molar-refractivity contribution in [3.63, 3.8) is 0 Å². The highest BCUT2D eigenvalue weighted by molar-refractivity contribution is 9.11. The van der Waals surface area contributed by atoms with E-state index in [-0.39, 0.29) is 5.69 Å². The normalized spacial score (nSPS) is 11.4. The van der Waals surface area contributed by atoms with E-state index in [1.807, 2.05) is 0 Å². The molecule has 1 aromatic carbocycles. The van der Waals surface area contributed by atoms with Gasteiger partial charge in [0.05, 0.1) is 25.6 Å². The Labute approximate surface area is 137 Å². The Morgan fingerprint density at radius 2 is 1.91 bits per heavy atom. The summed E-state index contributed by atoms with van der Waals surface area (Å²) in [5.74, 6) is -0.446. The van der Waals surface area contributed by atoms with Gasteiger partial charge in [0.1, 0.15) is 0 Å². The third-order valence-corrected chi connectivity index (χ3v) is 4.47. The number of hydrogen-bond donors (Lipinski definition) is 1. The summed E-state index contributed by atoms with van der Waals surface area (Å²) in [4.78, 5) is 14.2. The molecule has 0 atom stereocenters. The van der Waals surface area contributed by atoms with Gasteiger partial charge in [-0.05, 0) is 46.3 Å². The highest BCUT2D eigenvalue weighted by Gasteiger charge is 2.31. The molecular weight excluding hydrogens is 381 g/mol. The van der Waals surface area contributed by atoms with Crippen molar-refractivity contribution < 1.29 is 18.0 Å². The Bertz CT molecular complexity index is 698. The molecule has 118 valence electrons. The van der Waals surface area contributed by atoms with E-state index in [1.165, 1.54) is 17.4 Å². The molecule has 0 unspecified atom stereocenters. The molecule has 22 heavy (non-hydrogen) atoms. The molecule has 0 radical (unpaired) electrons. The summed E-state index contributed by atoms with van der Waals surface area (Å²) in [6.07, 6.45) is -4.46. The lowest BCUT2D eigenvalue weighted by Crippen LogP contribution is -2.17. The lowest BCUT2D eigenvalue weighted by Gasteiger charge is -2.19. The van der Waals surface area contributed by atoms with E-state index < -0.39 is 17.6 Å². The minimum atomic E-state index is -4.46. The summed E-state index contributed by atoms with van der Waals surface area (Å²) in [6, 6.07) is 6.58. The minimum absolute atomic E-state index is 0.120. The Morgan fingerprint density at radius 3 is 2.41 bits per heavy atom. The van der Waals surface area contributed by atoms with Gasteiger partial charge in [-0.1, -0.05) is 0 Å². The molecule has 2 rings (SSSR count). The molecule has 2 aromatic rings. The summed E-state index contributed by atoms with van der Waals surface area (Å²) in [5, 5.41) is 2.54. The maximum atomic E-state index is 12.8. The van der Waals surface area contributed by atoms with Gasteiger partial charge >= 0.3 is 6.18 Å². The van der Waals surface area contributed by atoms with Crippen LogP contribution < -0.4 is 10.2 Å². The van der Waals surface area contributed by atoms with E-state index in [9.17, 15) is 18.0 Å². The second-order valence-corrected chi connectivity index (χ2v) is 7.15. The molecule has 0 aliphatic carbocycles. The van der Waals surface area contributed by atoms with E-state index >= 15 is 0 Å². The summed E-state index contributed by atoms with van der Waals surface area (Å²) in [6.45, 7) is 0.